The van der Waals surface area contributed by atoms with Gasteiger partial charge in [-0.15, -0.1) is 0 Å². The Morgan fingerprint density at radius 3 is 2.89 bits per heavy atom. The molecule has 1 rings (SSSR count). The largest absolute Gasteiger partial charge is 0.384 e. The summed E-state index contributed by atoms with van der Waals surface area (Å²) in [6.07, 6.45) is 1.49. The van der Waals surface area contributed by atoms with Gasteiger partial charge < -0.3 is 15.4 Å². The third-order valence-electron chi connectivity index (χ3n) is 2.90. The van der Waals surface area contributed by atoms with Gasteiger partial charge in [0.25, 0.3) is 0 Å². The second-order valence-corrected chi connectivity index (χ2v) is 4.59. The molecular formula is C15H24N2O2. The SMILES string of the molecule is CCCNC(C)c1cccc(NC(=O)CCOC)c1. The maximum Gasteiger partial charge on any atom is 0.226 e. The Hall–Kier alpha value is -1.39. The molecule has 0 aliphatic rings. The second-order valence-electron chi connectivity index (χ2n) is 4.59. The van der Waals surface area contributed by atoms with Crippen molar-refractivity contribution in [2.45, 2.75) is 32.7 Å². The number of benzene rings is 1. The van der Waals surface area contributed by atoms with Gasteiger partial charge in [0.05, 0.1) is 13.0 Å². The van der Waals surface area contributed by atoms with E-state index in [2.05, 4.69) is 30.5 Å². The summed E-state index contributed by atoms with van der Waals surface area (Å²) in [6, 6.07) is 8.23. The zero-order chi connectivity index (χ0) is 14.1. The quantitative estimate of drug-likeness (QED) is 0.759. The number of rotatable bonds is 8. The van der Waals surface area contributed by atoms with Gasteiger partial charge in [-0.05, 0) is 37.6 Å². The molecule has 4 heteroatoms. The Balaban J connectivity index is 2.58. The summed E-state index contributed by atoms with van der Waals surface area (Å²) in [5, 5.41) is 6.31. The van der Waals surface area contributed by atoms with E-state index in [1.165, 1.54) is 5.56 Å². The lowest BCUT2D eigenvalue weighted by Gasteiger charge is -2.15. The second kappa shape index (κ2) is 8.67. The standard InChI is InChI=1S/C15H24N2O2/c1-4-9-16-12(2)13-6-5-7-14(11-13)17-15(18)8-10-19-3/h5-7,11-12,16H,4,8-10H2,1-3H3,(H,17,18). The summed E-state index contributed by atoms with van der Waals surface area (Å²) in [6.45, 7) is 5.71. The third kappa shape index (κ3) is 5.85. The third-order valence-corrected chi connectivity index (χ3v) is 2.90. The van der Waals surface area contributed by atoms with Gasteiger partial charge in [-0.3, -0.25) is 4.79 Å². The number of methoxy groups -OCH3 is 1. The summed E-state index contributed by atoms with van der Waals surface area (Å²) in [5.74, 6) is -0.0202. The van der Waals surface area contributed by atoms with Gasteiger partial charge in [-0.25, -0.2) is 0 Å². The lowest BCUT2D eigenvalue weighted by Crippen LogP contribution is -2.19. The van der Waals surface area contributed by atoms with E-state index in [4.69, 9.17) is 4.74 Å². The summed E-state index contributed by atoms with van der Waals surface area (Å²) in [4.78, 5) is 11.6. The summed E-state index contributed by atoms with van der Waals surface area (Å²) in [5.41, 5.74) is 2.02. The maximum absolute atomic E-state index is 11.6. The topological polar surface area (TPSA) is 50.4 Å². The van der Waals surface area contributed by atoms with E-state index in [0.717, 1.165) is 18.7 Å². The molecule has 1 atom stereocenters. The van der Waals surface area contributed by atoms with Crippen molar-refractivity contribution in [1.82, 2.24) is 5.32 Å². The first-order valence-corrected chi connectivity index (χ1v) is 6.79. The van der Waals surface area contributed by atoms with E-state index in [-0.39, 0.29) is 11.9 Å². The first-order chi connectivity index (χ1) is 9.17. The van der Waals surface area contributed by atoms with Crippen LogP contribution in [-0.4, -0.2) is 26.2 Å². The van der Waals surface area contributed by atoms with Gasteiger partial charge in [0.15, 0.2) is 0 Å². The van der Waals surface area contributed by atoms with Crippen LogP contribution in [0.4, 0.5) is 5.69 Å². The Morgan fingerprint density at radius 2 is 2.21 bits per heavy atom. The van der Waals surface area contributed by atoms with Crippen LogP contribution in [0.3, 0.4) is 0 Å². The molecule has 0 radical (unpaired) electrons. The molecule has 0 spiro atoms. The molecule has 0 aliphatic heterocycles. The number of amides is 1. The molecule has 0 saturated heterocycles. The molecule has 0 heterocycles. The van der Waals surface area contributed by atoms with Crippen molar-refractivity contribution in [3.05, 3.63) is 29.8 Å². The van der Waals surface area contributed by atoms with Gasteiger partial charge in [-0.1, -0.05) is 19.1 Å². The fourth-order valence-corrected chi connectivity index (χ4v) is 1.78. The monoisotopic (exact) mass is 264 g/mol. The van der Waals surface area contributed by atoms with E-state index in [0.29, 0.717) is 13.0 Å². The Labute approximate surface area is 115 Å². The Kier molecular flexibility index (Phi) is 7.15. The van der Waals surface area contributed by atoms with Crippen molar-refractivity contribution in [2.24, 2.45) is 0 Å². The highest BCUT2D eigenvalue weighted by Gasteiger charge is 2.06. The summed E-state index contributed by atoms with van der Waals surface area (Å²) >= 11 is 0. The summed E-state index contributed by atoms with van der Waals surface area (Å²) < 4.78 is 4.89. The van der Waals surface area contributed by atoms with Crippen molar-refractivity contribution in [1.29, 1.82) is 0 Å². The van der Waals surface area contributed by atoms with Crippen LogP contribution in [0.1, 0.15) is 38.3 Å². The van der Waals surface area contributed by atoms with Crippen molar-refractivity contribution < 1.29 is 9.53 Å². The molecular weight excluding hydrogens is 240 g/mol. The van der Waals surface area contributed by atoms with Crippen LogP contribution in [0, 0.1) is 0 Å². The number of carbonyl (C=O) groups excluding carboxylic acids is 1. The van der Waals surface area contributed by atoms with E-state index in [9.17, 15) is 4.79 Å². The van der Waals surface area contributed by atoms with Crippen LogP contribution in [0.5, 0.6) is 0 Å². The maximum atomic E-state index is 11.6. The zero-order valence-electron chi connectivity index (χ0n) is 12.0. The zero-order valence-corrected chi connectivity index (χ0v) is 12.0. The van der Waals surface area contributed by atoms with E-state index >= 15 is 0 Å². The smallest absolute Gasteiger partial charge is 0.226 e. The summed E-state index contributed by atoms with van der Waals surface area (Å²) in [7, 11) is 1.59. The molecule has 1 amide bonds. The van der Waals surface area contributed by atoms with Gasteiger partial charge in [-0.2, -0.15) is 0 Å². The molecule has 1 aromatic rings. The highest BCUT2D eigenvalue weighted by atomic mass is 16.5. The molecule has 4 nitrogen and oxygen atoms in total. The number of ether oxygens (including phenoxy) is 1. The van der Waals surface area contributed by atoms with Crippen molar-refractivity contribution in [2.75, 3.05) is 25.6 Å². The minimum atomic E-state index is -0.0202. The normalized spacial score (nSPS) is 12.2. The number of anilines is 1. The fourth-order valence-electron chi connectivity index (χ4n) is 1.78. The molecule has 0 bridgehead atoms. The van der Waals surface area contributed by atoms with Gasteiger partial charge in [0, 0.05) is 18.8 Å². The fraction of sp³-hybridized carbons (Fsp3) is 0.533. The Morgan fingerprint density at radius 1 is 1.42 bits per heavy atom. The minimum Gasteiger partial charge on any atom is -0.384 e. The average molecular weight is 264 g/mol. The number of hydrogen-bond acceptors (Lipinski definition) is 3. The van der Waals surface area contributed by atoms with Gasteiger partial charge >= 0.3 is 0 Å². The molecule has 106 valence electrons. The highest BCUT2D eigenvalue weighted by Crippen LogP contribution is 2.17. The predicted molar refractivity (Wildman–Crippen MR) is 78.3 cm³/mol. The molecule has 19 heavy (non-hydrogen) atoms. The van der Waals surface area contributed by atoms with Gasteiger partial charge in [0.1, 0.15) is 0 Å². The predicted octanol–water partition coefficient (Wildman–Crippen LogP) is 2.72. The molecule has 0 saturated carbocycles. The van der Waals surface area contributed by atoms with Crippen molar-refractivity contribution in [3.63, 3.8) is 0 Å². The highest BCUT2D eigenvalue weighted by molar-refractivity contribution is 5.90. The Bertz CT molecular complexity index is 393. The first kappa shape index (κ1) is 15.7. The van der Waals surface area contributed by atoms with E-state index in [1.54, 1.807) is 7.11 Å². The molecule has 1 aromatic carbocycles. The number of hydrogen-bond donors (Lipinski definition) is 2. The van der Waals surface area contributed by atoms with Crippen molar-refractivity contribution >= 4 is 11.6 Å². The van der Waals surface area contributed by atoms with Crippen LogP contribution < -0.4 is 10.6 Å². The number of carbonyl (C=O) groups is 1. The van der Waals surface area contributed by atoms with Crippen LogP contribution >= 0.6 is 0 Å². The molecule has 0 aromatic heterocycles. The molecule has 2 N–H and O–H groups in total. The molecule has 1 unspecified atom stereocenters. The minimum absolute atomic E-state index is 0.0202. The lowest BCUT2D eigenvalue weighted by molar-refractivity contribution is -0.117. The van der Waals surface area contributed by atoms with Crippen LogP contribution in [0.2, 0.25) is 0 Å². The average Bonchev–Trinajstić information content (AvgIpc) is 2.42. The number of nitrogens with one attached hydrogen (secondary N) is 2. The van der Waals surface area contributed by atoms with E-state index < -0.39 is 0 Å². The molecule has 0 fully saturated rings. The lowest BCUT2D eigenvalue weighted by atomic mass is 10.1. The van der Waals surface area contributed by atoms with Crippen LogP contribution in [0.15, 0.2) is 24.3 Å². The van der Waals surface area contributed by atoms with Gasteiger partial charge in [0.2, 0.25) is 5.91 Å². The van der Waals surface area contributed by atoms with E-state index in [1.807, 2.05) is 18.2 Å². The van der Waals surface area contributed by atoms with Crippen LogP contribution in [0.25, 0.3) is 0 Å². The van der Waals surface area contributed by atoms with Crippen molar-refractivity contribution in [3.8, 4) is 0 Å². The molecule has 0 aliphatic carbocycles. The van der Waals surface area contributed by atoms with Crippen LogP contribution in [-0.2, 0) is 9.53 Å². The first-order valence-electron chi connectivity index (χ1n) is 6.79.